The highest BCUT2D eigenvalue weighted by Gasteiger charge is 2.26. The molecular formula is C24H30ClN3O6. The Hall–Kier alpha value is -3.46. The average molecular weight is 492 g/mol. The van der Waals surface area contributed by atoms with Gasteiger partial charge >= 0.3 is 0 Å². The van der Waals surface area contributed by atoms with Crippen LogP contribution in [0.1, 0.15) is 42.6 Å². The number of aryl methyl sites for hydroxylation is 1. The van der Waals surface area contributed by atoms with Gasteiger partial charge in [0, 0.05) is 29.1 Å². The molecule has 184 valence electrons. The van der Waals surface area contributed by atoms with Gasteiger partial charge in [-0.2, -0.15) is 0 Å². The van der Waals surface area contributed by atoms with Crippen LogP contribution in [0, 0.1) is 12.3 Å². The minimum Gasteiger partial charge on any atom is -0.493 e. The average Bonchev–Trinajstić information content (AvgIpc) is 2.77. The van der Waals surface area contributed by atoms with Crippen molar-refractivity contribution in [3.63, 3.8) is 0 Å². The molecular weight excluding hydrogens is 462 g/mol. The molecule has 10 heteroatoms. The van der Waals surface area contributed by atoms with Gasteiger partial charge in [-0.1, -0.05) is 31.5 Å². The fraction of sp³-hybridized carbons (Fsp3) is 0.375. The summed E-state index contributed by atoms with van der Waals surface area (Å²) in [7, 11) is 4.33. The highest BCUT2D eigenvalue weighted by molar-refractivity contribution is 6.31. The van der Waals surface area contributed by atoms with Crippen molar-refractivity contribution >= 4 is 35.0 Å². The lowest BCUT2D eigenvalue weighted by molar-refractivity contribution is -0.124. The zero-order valence-electron chi connectivity index (χ0n) is 20.1. The van der Waals surface area contributed by atoms with Gasteiger partial charge in [0.1, 0.15) is 0 Å². The summed E-state index contributed by atoms with van der Waals surface area (Å²) in [6.45, 7) is 5.45. The van der Waals surface area contributed by atoms with E-state index in [1.807, 2.05) is 13.0 Å². The zero-order chi connectivity index (χ0) is 25.5. The summed E-state index contributed by atoms with van der Waals surface area (Å²) in [5, 5.41) is 3.34. The third-order valence-corrected chi connectivity index (χ3v) is 5.38. The monoisotopic (exact) mass is 491 g/mol. The maximum atomic E-state index is 12.5. The van der Waals surface area contributed by atoms with E-state index in [-0.39, 0.29) is 24.3 Å². The Bertz CT molecular complexity index is 1050. The van der Waals surface area contributed by atoms with Crippen molar-refractivity contribution in [2.75, 3.05) is 26.6 Å². The normalized spacial score (nSPS) is 10.8. The molecule has 0 spiro atoms. The Balaban J connectivity index is 1.93. The largest absolute Gasteiger partial charge is 0.493 e. The Morgan fingerprint density at radius 2 is 1.47 bits per heavy atom. The smallest absolute Gasteiger partial charge is 0.269 e. The molecule has 2 rings (SSSR count). The summed E-state index contributed by atoms with van der Waals surface area (Å²) in [6.07, 6.45) is 0.0946. The molecule has 0 aliphatic carbocycles. The summed E-state index contributed by atoms with van der Waals surface area (Å²) >= 11 is 6.09. The molecule has 2 aromatic carbocycles. The van der Waals surface area contributed by atoms with E-state index in [9.17, 15) is 14.4 Å². The number of carbonyl (C=O) groups is 3. The van der Waals surface area contributed by atoms with Crippen molar-refractivity contribution in [2.24, 2.45) is 5.41 Å². The number of nitrogens with one attached hydrogen (secondary N) is 3. The number of rotatable bonds is 9. The highest BCUT2D eigenvalue weighted by Crippen LogP contribution is 2.38. The number of halogens is 1. The van der Waals surface area contributed by atoms with Gasteiger partial charge < -0.3 is 19.5 Å². The van der Waals surface area contributed by atoms with Crippen LogP contribution >= 0.6 is 11.6 Å². The van der Waals surface area contributed by atoms with Gasteiger partial charge in [-0.3, -0.25) is 25.2 Å². The number of ether oxygens (including phenoxy) is 3. The van der Waals surface area contributed by atoms with Crippen molar-refractivity contribution in [2.45, 2.75) is 33.6 Å². The molecule has 0 unspecified atom stereocenters. The van der Waals surface area contributed by atoms with Crippen molar-refractivity contribution < 1.29 is 28.6 Å². The first-order chi connectivity index (χ1) is 16.0. The Kier molecular flexibility index (Phi) is 9.14. The number of hydrogen-bond acceptors (Lipinski definition) is 6. The third-order valence-electron chi connectivity index (χ3n) is 4.98. The lowest BCUT2D eigenvalue weighted by atomic mass is 9.85. The van der Waals surface area contributed by atoms with Crippen LogP contribution in [0.15, 0.2) is 30.3 Å². The van der Waals surface area contributed by atoms with E-state index in [4.69, 9.17) is 25.8 Å². The number of benzene rings is 2. The van der Waals surface area contributed by atoms with Crippen molar-refractivity contribution in [3.8, 4) is 17.2 Å². The minimum absolute atomic E-state index is 0.00457. The number of carbonyl (C=O) groups excluding carboxylic acids is 3. The van der Waals surface area contributed by atoms with E-state index in [0.717, 1.165) is 5.56 Å². The molecule has 9 nitrogen and oxygen atoms in total. The first-order valence-corrected chi connectivity index (χ1v) is 10.8. The molecule has 0 fully saturated rings. The molecule has 0 aliphatic rings. The molecule has 0 radical (unpaired) electrons. The number of anilines is 1. The van der Waals surface area contributed by atoms with Gasteiger partial charge in [-0.15, -0.1) is 0 Å². The molecule has 0 bridgehead atoms. The molecule has 3 amide bonds. The van der Waals surface area contributed by atoms with Crippen LogP contribution in [-0.2, 0) is 9.59 Å². The van der Waals surface area contributed by atoms with Crippen molar-refractivity contribution in [3.05, 3.63) is 46.5 Å². The molecule has 0 aromatic heterocycles. The zero-order valence-corrected chi connectivity index (χ0v) is 20.9. The predicted octanol–water partition coefficient (Wildman–Crippen LogP) is 3.88. The van der Waals surface area contributed by atoms with Crippen LogP contribution in [0.4, 0.5) is 5.69 Å². The fourth-order valence-electron chi connectivity index (χ4n) is 3.26. The van der Waals surface area contributed by atoms with E-state index in [1.165, 1.54) is 33.5 Å². The molecule has 0 heterocycles. The first kappa shape index (κ1) is 26.8. The number of hydrogen-bond donors (Lipinski definition) is 3. The summed E-state index contributed by atoms with van der Waals surface area (Å²) in [6, 6.07) is 8.18. The van der Waals surface area contributed by atoms with Gasteiger partial charge in [-0.05, 0) is 42.2 Å². The van der Waals surface area contributed by atoms with E-state index in [0.29, 0.717) is 28.0 Å². The fourth-order valence-corrected chi connectivity index (χ4v) is 3.44. The summed E-state index contributed by atoms with van der Waals surface area (Å²) in [5.41, 5.74) is 5.76. The lowest BCUT2D eigenvalue weighted by Crippen LogP contribution is -2.43. The molecule has 2 aromatic rings. The van der Waals surface area contributed by atoms with E-state index >= 15 is 0 Å². The highest BCUT2D eigenvalue weighted by atomic mass is 35.5. The van der Waals surface area contributed by atoms with Gasteiger partial charge in [0.25, 0.3) is 5.91 Å². The maximum Gasteiger partial charge on any atom is 0.269 e. The van der Waals surface area contributed by atoms with E-state index in [1.54, 1.807) is 26.0 Å². The number of hydrazine groups is 1. The SMILES string of the molecule is COc1cc(C(=O)NNC(=O)CC(C)(C)CC(=O)Nc2ccc(C)c(Cl)c2)cc(OC)c1OC. The van der Waals surface area contributed by atoms with Crippen LogP contribution in [0.2, 0.25) is 5.02 Å². The van der Waals surface area contributed by atoms with Gasteiger partial charge in [0.15, 0.2) is 11.5 Å². The molecule has 0 saturated carbocycles. The standard InChI is InChI=1S/C24H30ClN3O6/c1-14-7-8-16(11-17(14)25)26-20(29)12-24(2,3)13-21(30)27-28-23(31)15-9-18(32-4)22(34-6)19(10-15)33-5/h7-11H,12-13H2,1-6H3,(H,26,29)(H,27,30)(H,28,31). The third kappa shape index (κ3) is 7.28. The van der Waals surface area contributed by atoms with Gasteiger partial charge in [0.05, 0.1) is 21.3 Å². The second-order valence-electron chi connectivity index (χ2n) is 8.45. The second-order valence-corrected chi connectivity index (χ2v) is 8.85. The van der Waals surface area contributed by atoms with Crippen LogP contribution in [0.5, 0.6) is 17.2 Å². The minimum atomic E-state index is -0.667. The van der Waals surface area contributed by atoms with Crippen LogP contribution in [-0.4, -0.2) is 39.1 Å². The predicted molar refractivity (Wildman–Crippen MR) is 130 cm³/mol. The van der Waals surface area contributed by atoms with Gasteiger partial charge in [-0.25, -0.2) is 0 Å². The van der Waals surface area contributed by atoms with Crippen molar-refractivity contribution in [1.29, 1.82) is 0 Å². The van der Waals surface area contributed by atoms with Crippen LogP contribution in [0.25, 0.3) is 0 Å². The number of methoxy groups -OCH3 is 3. The van der Waals surface area contributed by atoms with E-state index in [2.05, 4.69) is 16.2 Å². The van der Waals surface area contributed by atoms with Crippen LogP contribution in [0.3, 0.4) is 0 Å². The van der Waals surface area contributed by atoms with Crippen LogP contribution < -0.4 is 30.4 Å². The maximum absolute atomic E-state index is 12.5. The topological polar surface area (TPSA) is 115 Å². The summed E-state index contributed by atoms with van der Waals surface area (Å²) in [5.74, 6) is -0.310. The molecule has 3 N–H and O–H groups in total. The molecule has 34 heavy (non-hydrogen) atoms. The van der Waals surface area contributed by atoms with Crippen molar-refractivity contribution in [1.82, 2.24) is 10.9 Å². The molecule has 0 aliphatic heterocycles. The van der Waals surface area contributed by atoms with E-state index < -0.39 is 17.2 Å². The quantitative estimate of drug-likeness (QED) is 0.458. The second kappa shape index (κ2) is 11.6. The molecule has 0 saturated heterocycles. The summed E-state index contributed by atoms with van der Waals surface area (Å²) in [4.78, 5) is 37.4. The number of amides is 3. The first-order valence-electron chi connectivity index (χ1n) is 10.4. The Morgan fingerprint density at radius 3 is 2.00 bits per heavy atom. The molecule has 0 atom stereocenters. The summed E-state index contributed by atoms with van der Waals surface area (Å²) < 4.78 is 15.7. The Labute approximate surface area is 204 Å². The lowest BCUT2D eigenvalue weighted by Gasteiger charge is -2.23. The Morgan fingerprint density at radius 1 is 0.882 bits per heavy atom. The van der Waals surface area contributed by atoms with Gasteiger partial charge in [0.2, 0.25) is 17.6 Å².